The fraction of sp³-hybridized carbons (Fsp3) is 0.278. The van der Waals surface area contributed by atoms with Crippen molar-refractivity contribution < 1.29 is 14.3 Å². The third-order valence-corrected chi connectivity index (χ3v) is 3.55. The highest BCUT2D eigenvalue weighted by atomic mass is 35.5. The van der Waals surface area contributed by atoms with E-state index in [9.17, 15) is 4.79 Å². The van der Waals surface area contributed by atoms with Crippen molar-refractivity contribution in [2.75, 3.05) is 13.7 Å². The number of ether oxygens (including phenoxy) is 2. The Morgan fingerprint density at radius 3 is 2.57 bits per heavy atom. The lowest BCUT2D eigenvalue weighted by molar-refractivity contribution is -0.120. The highest BCUT2D eigenvalue weighted by Gasteiger charge is 2.07. The summed E-state index contributed by atoms with van der Waals surface area (Å²) in [7, 11) is 1.59. The number of methoxy groups -OCH3 is 1. The molecule has 0 fully saturated rings. The molecule has 2 rings (SSSR count). The first-order valence-electron chi connectivity index (χ1n) is 7.43. The number of hydrogen-bond acceptors (Lipinski definition) is 3. The fourth-order valence-corrected chi connectivity index (χ4v) is 2.39. The molecule has 0 spiro atoms. The molecule has 0 heterocycles. The minimum absolute atomic E-state index is 0.0591. The zero-order valence-electron chi connectivity index (χ0n) is 13.3. The van der Waals surface area contributed by atoms with Crippen molar-refractivity contribution in [1.29, 1.82) is 0 Å². The van der Waals surface area contributed by atoms with Gasteiger partial charge in [-0.15, -0.1) is 0 Å². The van der Waals surface area contributed by atoms with E-state index in [1.165, 1.54) is 0 Å². The van der Waals surface area contributed by atoms with Gasteiger partial charge in [0.1, 0.15) is 11.5 Å². The molecule has 0 saturated carbocycles. The Balaban J connectivity index is 1.91. The molecular weight excluding hydrogens is 314 g/mol. The number of halogens is 1. The van der Waals surface area contributed by atoms with E-state index in [2.05, 4.69) is 5.32 Å². The number of carbonyl (C=O) groups is 1. The Morgan fingerprint density at radius 2 is 1.91 bits per heavy atom. The van der Waals surface area contributed by atoms with Crippen molar-refractivity contribution in [2.45, 2.75) is 19.9 Å². The Kier molecular flexibility index (Phi) is 6.29. The zero-order chi connectivity index (χ0) is 16.7. The molecule has 0 aliphatic rings. The van der Waals surface area contributed by atoms with E-state index in [1.807, 2.05) is 31.2 Å². The van der Waals surface area contributed by atoms with Crippen molar-refractivity contribution in [3.63, 3.8) is 0 Å². The van der Waals surface area contributed by atoms with Crippen molar-refractivity contribution in [2.24, 2.45) is 0 Å². The summed E-state index contributed by atoms with van der Waals surface area (Å²) in [6.07, 6.45) is 0.315. The predicted molar refractivity (Wildman–Crippen MR) is 91.2 cm³/mol. The van der Waals surface area contributed by atoms with Crippen molar-refractivity contribution in [1.82, 2.24) is 5.32 Å². The third-order valence-electron chi connectivity index (χ3n) is 3.32. The minimum Gasteiger partial charge on any atom is -0.496 e. The van der Waals surface area contributed by atoms with E-state index in [1.54, 1.807) is 25.3 Å². The van der Waals surface area contributed by atoms with Gasteiger partial charge < -0.3 is 14.8 Å². The van der Waals surface area contributed by atoms with Crippen LogP contribution in [0, 0.1) is 0 Å². The molecule has 0 aliphatic heterocycles. The molecule has 0 bridgehead atoms. The SMILES string of the molecule is CCOc1ccc(CC(=O)NCc2cc(Cl)ccc2OC)cc1. The lowest BCUT2D eigenvalue weighted by Gasteiger charge is -2.10. The molecule has 0 atom stereocenters. The molecule has 0 unspecified atom stereocenters. The summed E-state index contributed by atoms with van der Waals surface area (Å²) in [5.41, 5.74) is 1.78. The number of rotatable bonds is 7. The van der Waals surface area contributed by atoms with Gasteiger partial charge >= 0.3 is 0 Å². The quantitative estimate of drug-likeness (QED) is 0.842. The van der Waals surface area contributed by atoms with Gasteiger partial charge in [0.15, 0.2) is 0 Å². The Hall–Kier alpha value is -2.20. The van der Waals surface area contributed by atoms with E-state index in [0.29, 0.717) is 30.3 Å². The standard InChI is InChI=1S/C18H20ClNO3/c1-3-23-16-7-4-13(5-8-16)10-18(21)20-12-14-11-15(19)6-9-17(14)22-2/h4-9,11H,3,10,12H2,1-2H3,(H,20,21). The number of hydrogen-bond donors (Lipinski definition) is 1. The van der Waals surface area contributed by atoms with Crippen LogP contribution in [0.15, 0.2) is 42.5 Å². The van der Waals surface area contributed by atoms with Crippen LogP contribution in [0.5, 0.6) is 11.5 Å². The highest BCUT2D eigenvalue weighted by molar-refractivity contribution is 6.30. The van der Waals surface area contributed by atoms with Gasteiger partial charge in [-0.05, 0) is 42.8 Å². The summed E-state index contributed by atoms with van der Waals surface area (Å²) in [6.45, 7) is 2.94. The molecule has 0 saturated heterocycles. The monoisotopic (exact) mass is 333 g/mol. The first kappa shape index (κ1) is 17.2. The van der Waals surface area contributed by atoms with Crippen LogP contribution in [0.4, 0.5) is 0 Å². The molecule has 23 heavy (non-hydrogen) atoms. The second kappa shape index (κ2) is 8.44. The van der Waals surface area contributed by atoms with Gasteiger partial charge in [-0.3, -0.25) is 4.79 Å². The van der Waals surface area contributed by atoms with E-state index in [4.69, 9.17) is 21.1 Å². The summed E-state index contributed by atoms with van der Waals surface area (Å²) in [5, 5.41) is 3.49. The van der Waals surface area contributed by atoms with Crippen LogP contribution in [0.2, 0.25) is 5.02 Å². The predicted octanol–water partition coefficient (Wildman–Crippen LogP) is 3.61. The maximum absolute atomic E-state index is 12.1. The average Bonchev–Trinajstić information content (AvgIpc) is 2.55. The van der Waals surface area contributed by atoms with Crippen LogP contribution < -0.4 is 14.8 Å². The summed E-state index contributed by atoms with van der Waals surface area (Å²) in [5.74, 6) is 1.45. The number of nitrogens with one attached hydrogen (secondary N) is 1. The summed E-state index contributed by atoms with van der Waals surface area (Å²) < 4.78 is 10.6. The first-order valence-corrected chi connectivity index (χ1v) is 7.81. The molecule has 5 heteroatoms. The number of carbonyl (C=O) groups excluding carboxylic acids is 1. The molecule has 2 aromatic rings. The normalized spacial score (nSPS) is 10.2. The molecule has 122 valence electrons. The average molecular weight is 334 g/mol. The maximum atomic E-state index is 12.1. The van der Waals surface area contributed by atoms with Gasteiger partial charge in [-0.25, -0.2) is 0 Å². The highest BCUT2D eigenvalue weighted by Crippen LogP contribution is 2.22. The molecule has 0 radical (unpaired) electrons. The van der Waals surface area contributed by atoms with E-state index in [0.717, 1.165) is 16.9 Å². The largest absolute Gasteiger partial charge is 0.496 e. The number of benzene rings is 2. The summed E-state index contributed by atoms with van der Waals surface area (Å²) in [4.78, 5) is 12.1. The van der Waals surface area contributed by atoms with Gasteiger partial charge in [0.2, 0.25) is 5.91 Å². The summed E-state index contributed by atoms with van der Waals surface area (Å²) >= 11 is 5.98. The van der Waals surface area contributed by atoms with Crippen LogP contribution in [-0.4, -0.2) is 19.6 Å². The fourth-order valence-electron chi connectivity index (χ4n) is 2.20. The smallest absolute Gasteiger partial charge is 0.224 e. The molecule has 1 amide bonds. The van der Waals surface area contributed by atoms with Gasteiger partial charge in [0, 0.05) is 17.1 Å². The van der Waals surface area contributed by atoms with Crippen LogP contribution in [0.25, 0.3) is 0 Å². The van der Waals surface area contributed by atoms with Gasteiger partial charge in [-0.2, -0.15) is 0 Å². The van der Waals surface area contributed by atoms with Crippen molar-refractivity contribution >= 4 is 17.5 Å². The topological polar surface area (TPSA) is 47.6 Å². The molecule has 2 aromatic carbocycles. The molecule has 0 aliphatic carbocycles. The molecule has 1 N–H and O–H groups in total. The maximum Gasteiger partial charge on any atom is 0.224 e. The Labute approximate surface area is 141 Å². The van der Waals surface area contributed by atoms with Gasteiger partial charge in [0.05, 0.1) is 20.1 Å². The van der Waals surface area contributed by atoms with Gasteiger partial charge in [0.25, 0.3) is 0 Å². The van der Waals surface area contributed by atoms with Crippen LogP contribution >= 0.6 is 11.6 Å². The van der Waals surface area contributed by atoms with Crippen molar-refractivity contribution in [3.05, 3.63) is 58.6 Å². The first-order chi connectivity index (χ1) is 11.1. The third kappa shape index (κ3) is 5.18. The Morgan fingerprint density at radius 1 is 1.17 bits per heavy atom. The summed E-state index contributed by atoms with van der Waals surface area (Å²) in [6, 6.07) is 12.9. The zero-order valence-corrected chi connectivity index (χ0v) is 14.0. The number of amides is 1. The van der Waals surface area contributed by atoms with Crippen LogP contribution in [0.1, 0.15) is 18.1 Å². The van der Waals surface area contributed by atoms with Crippen LogP contribution in [-0.2, 0) is 17.8 Å². The van der Waals surface area contributed by atoms with Crippen LogP contribution in [0.3, 0.4) is 0 Å². The Bertz CT molecular complexity index is 656. The second-order valence-electron chi connectivity index (χ2n) is 4.99. The lowest BCUT2D eigenvalue weighted by atomic mass is 10.1. The minimum atomic E-state index is -0.0591. The molecule has 4 nitrogen and oxygen atoms in total. The van der Waals surface area contributed by atoms with E-state index >= 15 is 0 Å². The van der Waals surface area contributed by atoms with Gasteiger partial charge in [-0.1, -0.05) is 23.7 Å². The second-order valence-corrected chi connectivity index (χ2v) is 5.42. The van der Waals surface area contributed by atoms with E-state index < -0.39 is 0 Å². The van der Waals surface area contributed by atoms with E-state index in [-0.39, 0.29) is 5.91 Å². The molecular formula is C18H20ClNO3. The van der Waals surface area contributed by atoms with Crippen molar-refractivity contribution in [3.8, 4) is 11.5 Å². The molecule has 0 aromatic heterocycles. The lowest BCUT2D eigenvalue weighted by Crippen LogP contribution is -2.24.